The minimum absolute atomic E-state index is 0.116. The first-order valence-electron chi connectivity index (χ1n) is 3.88. The fourth-order valence-electron chi connectivity index (χ4n) is 0.880. The lowest BCUT2D eigenvalue weighted by atomic mass is 10.3. The molecule has 2 aromatic rings. The first-order chi connectivity index (χ1) is 6.74. The molecule has 74 valence electrons. The smallest absolute Gasteiger partial charge is 0.177 e. The van der Waals surface area contributed by atoms with Crippen molar-refractivity contribution in [3.63, 3.8) is 0 Å². The number of fused-ring (bicyclic) bond motifs is 1. The van der Waals surface area contributed by atoms with Crippen molar-refractivity contribution in [1.29, 1.82) is 0 Å². The average Bonchev–Trinajstić information content (AvgIpc) is 2.66. The Balaban J connectivity index is 0.000000171. The van der Waals surface area contributed by atoms with Gasteiger partial charge in [0.15, 0.2) is 5.11 Å². The van der Waals surface area contributed by atoms with Gasteiger partial charge in [-0.25, -0.2) is 10.8 Å². The van der Waals surface area contributed by atoms with Gasteiger partial charge in [0, 0.05) is 0 Å². The number of H-pyrrole nitrogens is 1. The van der Waals surface area contributed by atoms with Crippen LogP contribution in [0.4, 0.5) is 0 Å². The molecule has 0 aliphatic rings. The third-order valence-corrected chi connectivity index (χ3v) is 1.59. The minimum Gasteiger partial charge on any atom is -0.375 e. The molecule has 0 unspecified atom stereocenters. The van der Waals surface area contributed by atoms with Gasteiger partial charge in [0.1, 0.15) is 0 Å². The quantitative estimate of drug-likeness (QED) is 0.284. The molecule has 0 atom stereocenters. The molecule has 5 nitrogen and oxygen atoms in total. The van der Waals surface area contributed by atoms with Crippen molar-refractivity contribution in [3.8, 4) is 0 Å². The summed E-state index contributed by atoms with van der Waals surface area (Å²) in [5.74, 6) is 4.66. The summed E-state index contributed by atoms with van der Waals surface area (Å²) in [6.45, 7) is 0. The molecular formula is C8H11N5S. The fraction of sp³-hybridized carbons (Fsp3) is 0. The lowest BCUT2D eigenvalue weighted by Crippen LogP contribution is -2.34. The Morgan fingerprint density at radius 3 is 2.64 bits per heavy atom. The predicted octanol–water partition coefficient (Wildman–Crippen LogP) is 0.256. The molecule has 1 aromatic heterocycles. The number of aromatic nitrogens is 2. The Hall–Kier alpha value is -1.66. The summed E-state index contributed by atoms with van der Waals surface area (Å²) >= 11 is 4.24. The largest absolute Gasteiger partial charge is 0.375 e. The lowest BCUT2D eigenvalue weighted by molar-refractivity contribution is 1.03. The zero-order valence-corrected chi connectivity index (χ0v) is 8.21. The van der Waals surface area contributed by atoms with Gasteiger partial charge in [-0.15, -0.1) is 0 Å². The predicted molar refractivity (Wildman–Crippen MR) is 60.2 cm³/mol. The number of rotatable bonds is 0. The third-order valence-electron chi connectivity index (χ3n) is 1.47. The minimum atomic E-state index is 0.116. The van der Waals surface area contributed by atoms with E-state index in [1.54, 1.807) is 6.33 Å². The van der Waals surface area contributed by atoms with Gasteiger partial charge in [0.05, 0.1) is 17.4 Å². The number of hydrogen-bond acceptors (Lipinski definition) is 3. The second kappa shape index (κ2) is 5.15. The molecule has 0 aliphatic heterocycles. The van der Waals surface area contributed by atoms with Gasteiger partial charge in [-0.3, -0.25) is 0 Å². The topological polar surface area (TPSA) is 92.7 Å². The van der Waals surface area contributed by atoms with Crippen molar-refractivity contribution in [2.75, 3.05) is 0 Å². The SMILES string of the molecule is NNC(N)=S.c1ccc2[nH]cnc2c1. The highest BCUT2D eigenvalue weighted by atomic mass is 32.1. The maximum Gasteiger partial charge on any atom is 0.177 e. The molecule has 0 saturated heterocycles. The summed E-state index contributed by atoms with van der Waals surface area (Å²) in [6, 6.07) is 7.94. The Morgan fingerprint density at radius 2 is 2.07 bits per heavy atom. The van der Waals surface area contributed by atoms with E-state index in [1.807, 2.05) is 29.7 Å². The average molecular weight is 209 g/mol. The van der Waals surface area contributed by atoms with E-state index in [9.17, 15) is 0 Å². The van der Waals surface area contributed by atoms with Crippen LogP contribution < -0.4 is 17.0 Å². The van der Waals surface area contributed by atoms with Crippen LogP contribution in [0.15, 0.2) is 30.6 Å². The van der Waals surface area contributed by atoms with E-state index >= 15 is 0 Å². The van der Waals surface area contributed by atoms with Gasteiger partial charge in [0.2, 0.25) is 0 Å². The maximum atomic E-state index is 4.79. The highest BCUT2D eigenvalue weighted by molar-refractivity contribution is 7.80. The number of thiocarbonyl (C=S) groups is 1. The van der Waals surface area contributed by atoms with E-state index in [2.05, 4.69) is 28.0 Å². The molecule has 6 N–H and O–H groups in total. The Labute approximate surface area is 86.5 Å². The van der Waals surface area contributed by atoms with Gasteiger partial charge in [-0.1, -0.05) is 12.1 Å². The number of nitrogens with one attached hydrogen (secondary N) is 2. The van der Waals surface area contributed by atoms with E-state index < -0.39 is 0 Å². The molecule has 2 rings (SSSR count). The van der Waals surface area contributed by atoms with Crippen LogP contribution in [0, 0.1) is 0 Å². The molecule has 0 saturated carbocycles. The van der Waals surface area contributed by atoms with Crippen LogP contribution in [-0.4, -0.2) is 15.1 Å². The zero-order valence-electron chi connectivity index (χ0n) is 7.40. The molecule has 0 radical (unpaired) electrons. The first kappa shape index (κ1) is 10.4. The van der Waals surface area contributed by atoms with Crippen LogP contribution in [0.25, 0.3) is 11.0 Å². The summed E-state index contributed by atoms with van der Waals surface area (Å²) in [5, 5.41) is 0.116. The molecule has 1 heterocycles. The molecule has 0 amide bonds. The van der Waals surface area contributed by atoms with Crippen molar-refractivity contribution < 1.29 is 0 Å². The highest BCUT2D eigenvalue weighted by Gasteiger charge is 1.88. The number of hydrogen-bond donors (Lipinski definition) is 4. The molecule has 0 fully saturated rings. The first-order valence-corrected chi connectivity index (χ1v) is 4.29. The number of imidazole rings is 1. The molecule has 14 heavy (non-hydrogen) atoms. The van der Waals surface area contributed by atoms with Crippen LogP contribution in [0.1, 0.15) is 0 Å². The van der Waals surface area contributed by atoms with Crippen molar-refractivity contribution in [1.82, 2.24) is 15.4 Å². The molecular weight excluding hydrogens is 198 g/mol. The molecule has 6 heteroatoms. The van der Waals surface area contributed by atoms with Gasteiger partial charge >= 0.3 is 0 Å². The molecule has 0 bridgehead atoms. The third kappa shape index (κ3) is 3.00. The standard InChI is InChI=1S/C7H6N2.CH5N3S/c1-2-4-7-6(3-1)8-5-9-7;2-1(5)4-3/h1-5H,(H,8,9);3H2,(H3,2,4,5). The van der Waals surface area contributed by atoms with Gasteiger partial charge in [-0.2, -0.15) is 0 Å². The van der Waals surface area contributed by atoms with Crippen molar-refractivity contribution in [2.45, 2.75) is 0 Å². The molecule has 1 aromatic carbocycles. The number of hydrazine groups is 1. The van der Waals surface area contributed by atoms with E-state index in [-0.39, 0.29) is 5.11 Å². The molecule has 0 aliphatic carbocycles. The summed E-state index contributed by atoms with van der Waals surface area (Å²) in [4.78, 5) is 7.07. The summed E-state index contributed by atoms with van der Waals surface area (Å²) < 4.78 is 0. The van der Waals surface area contributed by atoms with Crippen LogP contribution in [0.3, 0.4) is 0 Å². The second-order valence-corrected chi connectivity index (χ2v) is 2.87. The van der Waals surface area contributed by atoms with Crippen LogP contribution in [0.5, 0.6) is 0 Å². The summed E-state index contributed by atoms with van der Waals surface area (Å²) in [5.41, 5.74) is 8.94. The van der Waals surface area contributed by atoms with E-state index in [0.29, 0.717) is 0 Å². The van der Waals surface area contributed by atoms with Crippen molar-refractivity contribution >= 4 is 28.4 Å². The van der Waals surface area contributed by atoms with Gasteiger partial charge in [-0.05, 0) is 24.4 Å². The fourth-order valence-corrected chi connectivity index (χ4v) is 0.880. The Kier molecular flexibility index (Phi) is 3.84. The Bertz CT molecular complexity index is 381. The van der Waals surface area contributed by atoms with Crippen LogP contribution >= 0.6 is 12.2 Å². The number of nitrogens with zero attached hydrogens (tertiary/aromatic N) is 1. The second-order valence-electron chi connectivity index (χ2n) is 2.43. The molecule has 0 spiro atoms. The summed E-state index contributed by atoms with van der Waals surface area (Å²) in [6.07, 6.45) is 1.70. The Morgan fingerprint density at radius 1 is 1.43 bits per heavy atom. The van der Waals surface area contributed by atoms with Crippen LogP contribution in [0.2, 0.25) is 0 Å². The number of nitrogens with two attached hydrogens (primary N) is 2. The van der Waals surface area contributed by atoms with E-state index in [4.69, 9.17) is 5.73 Å². The van der Waals surface area contributed by atoms with Gasteiger partial charge in [0.25, 0.3) is 0 Å². The highest BCUT2D eigenvalue weighted by Crippen LogP contribution is 2.05. The van der Waals surface area contributed by atoms with E-state index in [1.165, 1.54) is 0 Å². The van der Waals surface area contributed by atoms with E-state index in [0.717, 1.165) is 11.0 Å². The van der Waals surface area contributed by atoms with Crippen molar-refractivity contribution in [2.24, 2.45) is 11.6 Å². The number of aromatic amines is 1. The van der Waals surface area contributed by atoms with Crippen LogP contribution in [-0.2, 0) is 0 Å². The monoisotopic (exact) mass is 209 g/mol. The normalized spacial score (nSPS) is 8.93. The van der Waals surface area contributed by atoms with Gasteiger partial charge < -0.3 is 16.1 Å². The maximum absolute atomic E-state index is 4.79. The zero-order chi connectivity index (χ0) is 10.4. The summed E-state index contributed by atoms with van der Waals surface area (Å²) in [7, 11) is 0. The number of benzene rings is 1. The number of para-hydroxylation sites is 2. The van der Waals surface area contributed by atoms with Crippen molar-refractivity contribution in [3.05, 3.63) is 30.6 Å². The lowest BCUT2D eigenvalue weighted by Gasteiger charge is -1.85.